The normalized spacial score (nSPS) is 21.6. The Labute approximate surface area is 124 Å². The van der Waals surface area contributed by atoms with Crippen molar-refractivity contribution >= 4 is 5.69 Å². The Kier molecular flexibility index (Phi) is 3.77. The van der Waals surface area contributed by atoms with Crippen LogP contribution in [0.4, 0.5) is 5.69 Å². The summed E-state index contributed by atoms with van der Waals surface area (Å²) in [6.45, 7) is 4.79. The van der Waals surface area contributed by atoms with E-state index in [4.69, 9.17) is 10.5 Å². The van der Waals surface area contributed by atoms with Gasteiger partial charge < -0.3 is 10.5 Å². The van der Waals surface area contributed by atoms with Gasteiger partial charge in [0, 0.05) is 5.69 Å². The van der Waals surface area contributed by atoms with Crippen LogP contribution in [0.1, 0.15) is 39.2 Å². The number of tetrazole rings is 1. The Morgan fingerprint density at radius 2 is 2.24 bits per heavy atom. The van der Waals surface area contributed by atoms with Crippen LogP contribution in [-0.4, -0.2) is 26.8 Å². The van der Waals surface area contributed by atoms with Crippen molar-refractivity contribution < 1.29 is 4.74 Å². The van der Waals surface area contributed by atoms with Crippen molar-refractivity contribution in [1.29, 1.82) is 0 Å². The van der Waals surface area contributed by atoms with Crippen LogP contribution < -0.4 is 10.5 Å². The first-order chi connectivity index (χ1) is 10.2. The predicted molar refractivity (Wildman–Crippen MR) is 80.9 cm³/mol. The Bertz CT molecular complexity index is 624. The number of aromatic nitrogens is 4. The molecule has 1 heterocycles. The molecule has 21 heavy (non-hydrogen) atoms. The van der Waals surface area contributed by atoms with Gasteiger partial charge in [0.1, 0.15) is 5.75 Å². The molecule has 1 aliphatic carbocycles. The molecule has 6 nitrogen and oxygen atoms in total. The molecule has 1 fully saturated rings. The molecule has 3 rings (SSSR count). The Balaban J connectivity index is 2.08. The number of nitrogens with zero attached hydrogens (tertiary/aromatic N) is 4. The van der Waals surface area contributed by atoms with Crippen molar-refractivity contribution in [3.05, 3.63) is 18.2 Å². The molecular formula is C15H21N5O. The molecule has 2 unspecified atom stereocenters. The number of hydrogen-bond donors (Lipinski definition) is 1. The third-order valence-electron chi connectivity index (χ3n) is 4.21. The number of benzene rings is 1. The average molecular weight is 287 g/mol. The molecule has 0 aliphatic heterocycles. The minimum absolute atomic E-state index is 0.337. The fraction of sp³-hybridized carbons (Fsp3) is 0.533. The van der Waals surface area contributed by atoms with Gasteiger partial charge in [-0.2, -0.15) is 0 Å². The van der Waals surface area contributed by atoms with E-state index in [1.807, 2.05) is 29.8 Å². The summed E-state index contributed by atoms with van der Waals surface area (Å²) in [4.78, 5) is 0. The summed E-state index contributed by atoms with van der Waals surface area (Å²) in [6.07, 6.45) is 3.54. The maximum atomic E-state index is 6.16. The first kappa shape index (κ1) is 13.9. The second kappa shape index (κ2) is 5.71. The SMILES string of the molecule is CCOc1cccc(N)c1-c1nnnn1C1CCCC1C. The predicted octanol–water partition coefficient (Wildman–Crippen LogP) is 2.68. The van der Waals surface area contributed by atoms with Gasteiger partial charge in [-0.3, -0.25) is 0 Å². The van der Waals surface area contributed by atoms with Gasteiger partial charge in [0.15, 0.2) is 5.82 Å². The quantitative estimate of drug-likeness (QED) is 0.875. The summed E-state index contributed by atoms with van der Waals surface area (Å²) in [7, 11) is 0. The van der Waals surface area contributed by atoms with Gasteiger partial charge in [-0.15, -0.1) is 5.10 Å². The lowest BCUT2D eigenvalue weighted by molar-refractivity contribution is 0.339. The van der Waals surface area contributed by atoms with E-state index in [0.29, 0.717) is 30.1 Å². The molecule has 6 heteroatoms. The van der Waals surface area contributed by atoms with Gasteiger partial charge in [-0.25, -0.2) is 4.68 Å². The van der Waals surface area contributed by atoms with Gasteiger partial charge in [-0.05, 0) is 48.2 Å². The molecule has 0 amide bonds. The fourth-order valence-electron chi connectivity index (χ4n) is 3.13. The third-order valence-corrected chi connectivity index (χ3v) is 4.21. The van der Waals surface area contributed by atoms with E-state index < -0.39 is 0 Å². The molecule has 0 radical (unpaired) electrons. The number of rotatable bonds is 4. The highest BCUT2D eigenvalue weighted by Gasteiger charge is 2.30. The zero-order chi connectivity index (χ0) is 14.8. The second-order valence-electron chi connectivity index (χ2n) is 5.58. The van der Waals surface area contributed by atoms with Gasteiger partial charge in [0.2, 0.25) is 0 Å². The standard InChI is InChI=1S/C15H21N5O/c1-3-21-13-9-5-7-11(16)14(13)15-17-18-19-20(15)12-8-4-6-10(12)2/h5,7,9-10,12H,3-4,6,8,16H2,1-2H3. The van der Waals surface area contributed by atoms with Crippen LogP contribution in [0.5, 0.6) is 5.75 Å². The van der Waals surface area contributed by atoms with E-state index in [9.17, 15) is 0 Å². The van der Waals surface area contributed by atoms with E-state index in [0.717, 1.165) is 17.7 Å². The van der Waals surface area contributed by atoms with Crippen LogP contribution in [0.15, 0.2) is 18.2 Å². The maximum absolute atomic E-state index is 6.16. The van der Waals surface area contributed by atoms with Crippen LogP contribution >= 0.6 is 0 Å². The molecule has 0 bridgehead atoms. The minimum Gasteiger partial charge on any atom is -0.493 e. The summed E-state index contributed by atoms with van der Waals surface area (Å²) in [6, 6.07) is 5.99. The molecule has 1 aromatic carbocycles. The van der Waals surface area contributed by atoms with Crippen molar-refractivity contribution in [3.63, 3.8) is 0 Å². The van der Waals surface area contributed by atoms with E-state index in [-0.39, 0.29) is 0 Å². The first-order valence-electron chi connectivity index (χ1n) is 7.52. The molecule has 0 spiro atoms. The lowest BCUT2D eigenvalue weighted by Gasteiger charge is -2.18. The molecular weight excluding hydrogens is 266 g/mol. The third kappa shape index (κ3) is 2.46. The highest BCUT2D eigenvalue weighted by Crippen LogP contribution is 2.40. The van der Waals surface area contributed by atoms with Gasteiger partial charge in [0.25, 0.3) is 0 Å². The van der Waals surface area contributed by atoms with Gasteiger partial charge >= 0.3 is 0 Å². The van der Waals surface area contributed by atoms with Crippen molar-refractivity contribution in [2.75, 3.05) is 12.3 Å². The van der Waals surface area contributed by atoms with Gasteiger partial charge in [0.05, 0.1) is 18.2 Å². The van der Waals surface area contributed by atoms with Crippen LogP contribution in [0, 0.1) is 5.92 Å². The molecule has 0 saturated heterocycles. The lowest BCUT2D eigenvalue weighted by Crippen LogP contribution is -2.15. The minimum atomic E-state index is 0.337. The zero-order valence-electron chi connectivity index (χ0n) is 12.5. The molecule has 2 aromatic rings. The first-order valence-corrected chi connectivity index (χ1v) is 7.52. The second-order valence-corrected chi connectivity index (χ2v) is 5.58. The Hall–Kier alpha value is -2.11. The fourth-order valence-corrected chi connectivity index (χ4v) is 3.13. The number of hydrogen-bond acceptors (Lipinski definition) is 5. The van der Waals surface area contributed by atoms with Crippen molar-refractivity contribution in [1.82, 2.24) is 20.2 Å². The van der Waals surface area contributed by atoms with E-state index in [1.54, 1.807) is 0 Å². The summed E-state index contributed by atoms with van der Waals surface area (Å²) in [5, 5.41) is 12.3. The average Bonchev–Trinajstić information content (AvgIpc) is 3.08. The zero-order valence-corrected chi connectivity index (χ0v) is 12.5. The summed E-state index contributed by atoms with van der Waals surface area (Å²) in [5.74, 6) is 2.02. The number of nitrogen functional groups attached to an aromatic ring is 1. The molecule has 2 N–H and O–H groups in total. The molecule has 1 saturated carbocycles. The lowest BCUT2D eigenvalue weighted by atomic mass is 10.1. The van der Waals surface area contributed by atoms with Crippen molar-refractivity contribution in [2.24, 2.45) is 5.92 Å². The molecule has 1 aromatic heterocycles. The summed E-state index contributed by atoms with van der Waals surface area (Å²) in [5.41, 5.74) is 7.59. The van der Waals surface area contributed by atoms with Gasteiger partial charge in [-0.1, -0.05) is 19.4 Å². The monoisotopic (exact) mass is 287 g/mol. The highest BCUT2D eigenvalue weighted by molar-refractivity contribution is 5.77. The Morgan fingerprint density at radius 3 is 2.95 bits per heavy atom. The smallest absolute Gasteiger partial charge is 0.188 e. The topological polar surface area (TPSA) is 78.8 Å². The summed E-state index contributed by atoms with van der Waals surface area (Å²) < 4.78 is 7.62. The van der Waals surface area contributed by atoms with E-state index in [1.165, 1.54) is 12.8 Å². The number of anilines is 1. The van der Waals surface area contributed by atoms with Crippen LogP contribution in [0.3, 0.4) is 0 Å². The van der Waals surface area contributed by atoms with Crippen molar-refractivity contribution in [2.45, 2.75) is 39.2 Å². The van der Waals surface area contributed by atoms with Crippen molar-refractivity contribution in [3.8, 4) is 17.1 Å². The van der Waals surface area contributed by atoms with E-state index >= 15 is 0 Å². The number of ether oxygens (including phenoxy) is 1. The number of nitrogens with two attached hydrogens (primary N) is 1. The molecule has 1 aliphatic rings. The van der Waals surface area contributed by atoms with Crippen LogP contribution in [-0.2, 0) is 0 Å². The largest absolute Gasteiger partial charge is 0.493 e. The van der Waals surface area contributed by atoms with Crippen LogP contribution in [0.2, 0.25) is 0 Å². The van der Waals surface area contributed by atoms with Crippen LogP contribution in [0.25, 0.3) is 11.4 Å². The van der Waals surface area contributed by atoms with E-state index in [2.05, 4.69) is 22.4 Å². The Morgan fingerprint density at radius 1 is 1.38 bits per heavy atom. The highest BCUT2D eigenvalue weighted by atomic mass is 16.5. The molecule has 112 valence electrons. The maximum Gasteiger partial charge on any atom is 0.188 e. The molecule has 2 atom stereocenters. The summed E-state index contributed by atoms with van der Waals surface area (Å²) >= 11 is 0.